The Morgan fingerprint density at radius 2 is 2.21 bits per heavy atom. The molecule has 2 N–H and O–H groups in total. The third-order valence-corrected chi connectivity index (χ3v) is 6.46. The smallest absolute Gasteiger partial charge is 0.223 e. The van der Waals surface area contributed by atoms with Gasteiger partial charge in [-0.1, -0.05) is 0 Å². The molecule has 2 aliphatic carbocycles. The number of fused-ring (bicyclic) bond motifs is 2. The molecule has 7 heteroatoms. The minimum atomic E-state index is 0. The molecule has 3 atom stereocenters. The van der Waals surface area contributed by atoms with Crippen molar-refractivity contribution >= 4 is 29.7 Å². The van der Waals surface area contributed by atoms with Gasteiger partial charge in [-0.2, -0.15) is 0 Å². The molecule has 0 radical (unpaired) electrons. The fraction of sp³-hybridized carbons (Fsp3) is 0.765. The van der Waals surface area contributed by atoms with Crippen molar-refractivity contribution in [2.75, 3.05) is 13.2 Å². The molecule has 4 rings (SSSR count). The van der Waals surface area contributed by atoms with E-state index >= 15 is 0 Å². The lowest BCUT2D eigenvalue weighted by atomic mass is 9.82. The second kappa shape index (κ2) is 8.13. The Kier molecular flexibility index (Phi) is 6.13. The van der Waals surface area contributed by atoms with E-state index in [-0.39, 0.29) is 24.2 Å². The molecule has 1 saturated heterocycles. The standard InChI is InChI=1S/C17H25N3O2S.ClH/c21-17(11-5-6-14-13(9-11)18-7-8-22-14)19-10-16-20-12-3-1-2-4-15(12)23-16;/h11,13-14,18H,1-10H2,(H,19,21);1H/t11-,13+,14+;/m0./s1. The van der Waals surface area contributed by atoms with Gasteiger partial charge in [-0.3, -0.25) is 4.79 Å². The minimum Gasteiger partial charge on any atom is -0.375 e. The molecule has 24 heavy (non-hydrogen) atoms. The number of nitrogens with one attached hydrogen (secondary N) is 2. The average molecular weight is 372 g/mol. The molecule has 2 heterocycles. The first-order valence-electron chi connectivity index (χ1n) is 8.90. The highest BCUT2D eigenvalue weighted by Gasteiger charge is 2.35. The van der Waals surface area contributed by atoms with Gasteiger partial charge >= 0.3 is 0 Å². The zero-order valence-corrected chi connectivity index (χ0v) is 15.5. The number of aromatic nitrogens is 1. The molecule has 0 spiro atoms. The Morgan fingerprint density at radius 3 is 3.08 bits per heavy atom. The van der Waals surface area contributed by atoms with Gasteiger partial charge in [0.2, 0.25) is 5.91 Å². The SMILES string of the molecule is Cl.O=C(NCc1nc2c(s1)CCCC2)[C@H]1CC[C@H]2OCCN[C@@H]2C1. The van der Waals surface area contributed by atoms with E-state index in [2.05, 4.69) is 10.6 Å². The van der Waals surface area contributed by atoms with Crippen LogP contribution in [0.5, 0.6) is 0 Å². The number of carbonyl (C=O) groups excluding carboxylic acids is 1. The van der Waals surface area contributed by atoms with Gasteiger partial charge in [-0.25, -0.2) is 4.98 Å². The van der Waals surface area contributed by atoms with Gasteiger partial charge in [0.15, 0.2) is 0 Å². The number of rotatable bonds is 3. The number of nitrogens with zero attached hydrogens (tertiary/aromatic N) is 1. The van der Waals surface area contributed by atoms with Crippen LogP contribution in [0.25, 0.3) is 0 Å². The van der Waals surface area contributed by atoms with Gasteiger partial charge in [0.05, 0.1) is 24.9 Å². The van der Waals surface area contributed by atoms with E-state index in [4.69, 9.17) is 9.72 Å². The zero-order chi connectivity index (χ0) is 15.6. The summed E-state index contributed by atoms with van der Waals surface area (Å²) in [6.07, 6.45) is 7.92. The van der Waals surface area contributed by atoms with Crippen molar-refractivity contribution in [3.8, 4) is 0 Å². The summed E-state index contributed by atoms with van der Waals surface area (Å²) in [7, 11) is 0. The molecule has 1 aromatic heterocycles. The lowest BCUT2D eigenvalue weighted by Gasteiger charge is -2.39. The summed E-state index contributed by atoms with van der Waals surface area (Å²) in [5.41, 5.74) is 1.27. The topological polar surface area (TPSA) is 63.2 Å². The number of morpholine rings is 1. The third-order valence-electron chi connectivity index (χ3n) is 5.30. The Hall–Kier alpha value is -0.690. The molecule has 0 unspecified atom stereocenters. The maximum absolute atomic E-state index is 12.5. The van der Waals surface area contributed by atoms with Crippen LogP contribution < -0.4 is 10.6 Å². The third kappa shape index (κ3) is 3.93. The Balaban J connectivity index is 0.00000169. The number of hydrogen-bond donors (Lipinski definition) is 2. The van der Waals surface area contributed by atoms with Gasteiger partial charge in [0.25, 0.3) is 0 Å². The minimum absolute atomic E-state index is 0. The number of halogens is 1. The molecule has 3 aliphatic rings. The van der Waals surface area contributed by atoms with Gasteiger partial charge in [0.1, 0.15) is 5.01 Å². The largest absolute Gasteiger partial charge is 0.375 e. The van der Waals surface area contributed by atoms with E-state index in [9.17, 15) is 4.79 Å². The van der Waals surface area contributed by atoms with Crippen LogP contribution in [0.15, 0.2) is 0 Å². The van der Waals surface area contributed by atoms with E-state index < -0.39 is 0 Å². The van der Waals surface area contributed by atoms with Crippen molar-refractivity contribution in [1.82, 2.24) is 15.6 Å². The number of amides is 1. The molecular formula is C17H26ClN3O2S. The summed E-state index contributed by atoms with van der Waals surface area (Å²) in [6.45, 7) is 2.29. The molecule has 2 fully saturated rings. The van der Waals surface area contributed by atoms with E-state index in [1.165, 1.54) is 23.4 Å². The summed E-state index contributed by atoms with van der Waals surface area (Å²) in [5.74, 6) is 0.295. The van der Waals surface area contributed by atoms with Crippen molar-refractivity contribution in [3.05, 3.63) is 15.6 Å². The van der Waals surface area contributed by atoms with Crippen LogP contribution in [0.4, 0.5) is 0 Å². The number of thiazole rings is 1. The molecule has 1 amide bonds. The Morgan fingerprint density at radius 1 is 1.33 bits per heavy atom. The summed E-state index contributed by atoms with van der Waals surface area (Å²) >= 11 is 1.78. The Bertz CT molecular complexity index is 557. The number of ether oxygens (including phenoxy) is 1. The van der Waals surface area contributed by atoms with Crippen LogP contribution in [0.1, 0.15) is 47.7 Å². The van der Waals surface area contributed by atoms with Gasteiger partial charge in [-0.15, -0.1) is 23.7 Å². The van der Waals surface area contributed by atoms with E-state index in [0.29, 0.717) is 18.7 Å². The molecular weight excluding hydrogens is 346 g/mol. The molecule has 0 bridgehead atoms. The number of hydrogen-bond acceptors (Lipinski definition) is 5. The van der Waals surface area contributed by atoms with E-state index in [0.717, 1.165) is 50.3 Å². The molecule has 0 aromatic carbocycles. The predicted molar refractivity (Wildman–Crippen MR) is 96.7 cm³/mol. The number of carbonyl (C=O) groups is 1. The lowest BCUT2D eigenvalue weighted by molar-refractivity contribution is -0.128. The molecule has 5 nitrogen and oxygen atoms in total. The van der Waals surface area contributed by atoms with Crippen molar-refractivity contribution in [2.45, 2.75) is 63.6 Å². The van der Waals surface area contributed by atoms with Gasteiger partial charge in [-0.05, 0) is 44.9 Å². The summed E-state index contributed by atoms with van der Waals surface area (Å²) in [4.78, 5) is 18.6. The van der Waals surface area contributed by atoms with Crippen LogP contribution in [-0.4, -0.2) is 36.2 Å². The highest BCUT2D eigenvalue weighted by Crippen LogP contribution is 2.29. The first kappa shape index (κ1) is 18.1. The first-order valence-corrected chi connectivity index (χ1v) is 9.71. The maximum atomic E-state index is 12.5. The second-order valence-corrected chi connectivity index (χ2v) is 8.05. The maximum Gasteiger partial charge on any atom is 0.223 e. The van der Waals surface area contributed by atoms with Crippen LogP contribution in [0.2, 0.25) is 0 Å². The predicted octanol–water partition coefficient (Wildman–Crippen LogP) is 2.22. The molecule has 1 aromatic rings. The monoisotopic (exact) mass is 371 g/mol. The summed E-state index contributed by atoms with van der Waals surface area (Å²) in [6, 6.07) is 0.348. The normalized spacial score (nSPS) is 29.1. The Labute approximate surface area is 153 Å². The van der Waals surface area contributed by atoms with E-state index in [1.54, 1.807) is 11.3 Å². The molecule has 1 aliphatic heterocycles. The van der Waals surface area contributed by atoms with Crippen LogP contribution in [-0.2, 0) is 28.9 Å². The lowest BCUT2D eigenvalue weighted by Crippen LogP contribution is -2.53. The highest BCUT2D eigenvalue weighted by molar-refractivity contribution is 7.11. The van der Waals surface area contributed by atoms with Crippen molar-refractivity contribution in [2.24, 2.45) is 5.92 Å². The second-order valence-electron chi connectivity index (χ2n) is 6.88. The fourth-order valence-corrected chi connectivity index (χ4v) is 5.13. The van der Waals surface area contributed by atoms with E-state index in [1.807, 2.05) is 0 Å². The molecule has 1 saturated carbocycles. The van der Waals surface area contributed by atoms with Crippen LogP contribution in [0, 0.1) is 5.92 Å². The first-order chi connectivity index (χ1) is 11.3. The zero-order valence-electron chi connectivity index (χ0n) is 13.9. The summed E-state index contributed by atoms with van der Waals surface area (Å²) < 4.78 is 5.78. The molecule has 134 valence electrons. The van der Waals surface area contributed by atoms with Crippen LogP contribution in [0.3, 0.4) is 0 Å². The quantitative estimate of drug-likeness (QED) is 0.855. The van der Waals surface area contributed by atoms with Crippen molar-refractivity contribution in [1.29, 1.82) is 0 Å². The fourth-order valence-electron chi connectivity index (χ4n) is 4.04. The highest BCUT2D eigenvalue weighted by atomic mass is 35.5. The van der Waals surface area contributed by atoms with Crippen molar-refractivity contribution in [3.63, 3.8) is 0 Å². The summed E-state index contributed by atoms with van der Waals surface area (Å²) in [5, 5.41) is 7.68. The van der Waals surface area contributed by atoms with Gasteiger partial charge in [0, 0.05) is 23.4 Å². The number of aryl methyl sites for hydroxylation is 2. The van der Waals surface area contributed by atoms with Gasteiger partial charge < -0.3 is 15.4 Å². The van der Waals surface area contributed by atoms with Crippen molar-refractivity contribution < 1.29 is 9.53 Å². The average Bonchev–Trinajstić information content (AvgIpc) is 3.02. The van der Waals surface area contributed by atoms with Crippen LogP contribution >= 0.6 is 23.7 Å².